The van der Waals surface area contributed by atoms with Crippen LogP contribution in [0.5, 0.6) is 0 Å². The Balaban J connectivity index is 1.58. The van der Waals surface area contributed by atoms with Crippen LogP contribution in [-0.4, -0.2) is 53.9 Å². The smallest absolute Gasteiger partial charge is 0.305 e. The molecule has 0 spiro atoms. The molecule has 1 aromatic carbocycles. The third-order valence-corrected chi connectivity index (χ3v) is 8.19. The van der Waals surface area contributed by atoms with Crippen LogP contribution in [0, 0.1) is 6.92 Å². The summed E-state index contributed by atoms with van der Waals surface area (Å²) in [5.74, 6) is 0.760. The normalized spacial score (nSPS) is 16.1. The Kier molecular flexibility index (Phi) is 4.66. The molecule has 1 fully saturated rings. The molecule has 3 aromatic rings. The van der Waals surface area contributed by atoms with Crippen LogP contribution in [0.15, 0.2) is 33.5 Å². The lowest BCUT2D eigenvalue weighted by Crippen LogP contribution is -2.49. The number of nitrogens with one attached hydrogen (secondary N) is 1. The molecule has 0 aliphatic carbocycles. The van der Waals surface area contributed by atoms with Crippen molar-refractivity contribution in [1.29, 1.82) is 0 Å². The molecule has 1 aliphatic rings. The summed E-state index contributed by atoms with van der Waals surface area (Å²) in [5.41, 5.74) is 1.13. The molecule has 27 heavy (non-hydrogen) atoms. The monoisotopic (exact) mass is 425 g/mol. The number of nitrogens with zero attached hydrogens (tertiary/aromatic N) is 4. The summed E-state index contributed by atoms with van der Waals surface area (Å²) in [6.07, 6.45) is 1.48. The second-order valence-electron chi connectivity index (χ2n) is 6.18. The maximum absolute atomic E-state index is 12.8. The number of piperazine rings is 1. The van der Waals surface area contributed by atoms with Crippen molar-refractivity contribution in [2.24, 2.45) is 0 Å². The first kappa shape index (κ1) is 18.4. The zero-order valence-electron chi connectivity index (χ0n) is 14.3. The number of halogens is 1. The Hall–Kier alpha value is -2.01. The highest BCUT2D eigenvalue weighted by Crippen LogP contribution is 2.28. The van der Waals surface area contributed by atoms with Gasteiger partial charge in [0.1, 0.15) is 12.1 Å². The third kappa shape index (κ3) is 3.33. The Bertz CT molecular complexity index is 1170. The van der Waals surface area contributed by atoms with E-state index in [1.54, 1.807) is 19.1 Å². The molecule has 8 nitrogen and oxygen atoms in total. The molecule has 2 aromatic heterocycles. The van der Waals surface area contributed by atoms with Gasteiger partial charge in [-0.25, -0.2) is 18.4 Å². The van der Waals surface area contributed by atoms with Crippen LogP contribution < -0.4 is 9.77 Å². The van der Waals surface area contributed by atoms with Crippen molar-refractivity contribution in [3.05, 3.63) is 44.9 Å². The van der Waals surface area contributed by atoms with Gasteiger partial charge in [-0.2, -0.15) is 4.31 Å². The van der Waals surface area contributed by atoms with E-state index in [9.17, 15) is 13.2 Å². The lowest BCUT2D eigenvalue weighted by molar-refractivity contribution is 0.385. The molecule has 142 valence electrons. The number of H-pyrrole nitrogens is 1. The van der Waals surface area contributed by atoms with E-state index in [0.29, 0.717) is 36.9 Å². The van der Waals surface area contributed by atoms with Gasteiger partial charge in [0.25, 0.3) is 10.0 Å². The minimum absolute atomic E-state index is 0.0862. The standard InChI is InChI=1S/C16H16ClN5O3S2/c1-10-15(26-16(23)20-10)27(24,25)22-6-4-21(5-7-22)14-12-3-2-11(17)8-13(12)18-9-19-14/h2-3,8-9H,4-7H2,1H3,(H,20,23). The number of hydrogen-bond donors (Lipinski definition) is 1. The van der Waals surface area contributed by atoms with Gasteiger partial charge in [0, 0.05) is 42.3 Å². The summed E-state index contributed by atoms with van der Waals surface area (Å²) in [4.78, 5) is 24.3. The van der Waals surface area contributed by atoms with Crippen molar-refractivity contribution in [1.82, 2.24) is 19.3 Å². The second kappa shape index (κ2) is 6.86. The first-order valence-corrected chi connectivity index (χ1v) is 10.8. The Labute approximate surface area is 164 Å². The van der Waals surface area contributed by atoms with E-state index in [0.717, 1.165) is 28.1 Å². The van der Waals surface area contributed by atoms with Crippen molar-refractivity contribution in [3.63, 3.8) is 0 Å². The zero-order chi connectivity index (χ0) is 19.2. The molecule has 0 radical (unpaired) electrons. The topological polar surface area (TPSA) is 99.3 Å². The van der Waals surface area contributed by atoms with Gasteiger partial charge in [0.15, 0.2) is 4.21 Å². The maximum Gasteiger partial charge on any atom is 0.305 e. The number of benzene rings is 1. The fraction of sp³-hybridized carbons (Fsp3) is 0.312. The van der Waals surface area contributed by atoms with Gasteiger partial charge in [-0.05, 0) is 25.1 Å². The van der Waals surface area contributed by atoms with Crippen molar-refractivity contribution in [3.8, 4) is 0 Å². The quantitative estimate of drug-likeness (QED) is 0.687. The predicted molar refractivity (Wildman–Crippen MR) is 105 cm³/mol. The van der Waals surface area contributed by atoms with E-state index in [1.165, 1.54) is 10.6 Å². The van der Waals surface area contributed by atoms with Crippen LogP contribution in [0.25, 0.3) is 10.9 Å². The molecule has 1 N–H and O–H groups in total. The summed E-state index contributed by atoms with van der Waals surface area (Å²) < 4.78 is 27.2. The van der Waals surface area contributed by atoms with Gasteiger partial charge in [0.05, 0.1) is 5.52 Å². The van der Waals surface area contributed by atoms with Gasteiger partial charge in [-0.3, -0.25) is 4.79 Å². The van der Waals surface area contributed by atoms with Crippen LogP contribution in [0.2, 0.25) is 5.02 Å². The lowest BCUT2D eigenvalue weighted by Gasteiger charge is -2.34. The van der Waals surface area contributed by atoms with Crippen LogP contribution >= 0.6 is 22.9 Å². The Morgan fingerprint density at radius 3 is 2.59 bits per heavy atom. The highest BCUT2D eigenvalue weighted by Gasteiger charge is 2.32. The average molecular weight is 426 g/mol. The number of fused-ring (bicyclic) bond motifs is 1. The number of aromatic nitrogens is 3. The molecular weight excluding hydrogens is 410 g/mol. The van der Waals surface area contributed by atoms with Gasteiger partial charge < -0.3 is 9.88 Å². The van der Waals surface area contributed by atoms with Gasteiger partial charge >= 0.3 is 4.87 Å². The molecule has 0 bridgehead atoms. The van der Waals surface area contributed by atoms with E-state index >= 15 is 0 Å². The number of rotatable bonds is 3. The zero-order valence-corrected chi connectivity index (χ0v) is 16.7. The van der Waals surface area contributed by atoms with Crippen LogP contribution in [0.3, 0.4) is 0 Å². The van der Waals surface area contributed by atoms with Crippen LogP contribution in [0.1, 0.15) is 5.69 Å². The van der Waals surface area contributed by atoms with Gasteiger partial charge in [0.2, 0.25) is 0 Å². The summed E-state index contributed by atoms with van der Waals surface area (Å²) >= 11 is 6.76. The Morgan fingerprint density at radius 2 is 1.93 bits per heavy atom. The molecular formula is C16H16ClN5O3S2. The molecule has 0 amide bonds. The number of thiazole rings is 1. The predicted octanol–water partition coefficient (Wildman–Crippen LogP) is 1.85. The molecule has 1 saturated heterocycles. The fourth-order valence-electron chi connectivity index (χ4n) is 3.16. The summed E-state index contributed by atoms with van der Waals surface area (Å²) in [7, 11) is -3.68. The van der Waals surface area contributed by atoms with Gasteiger partial charge in [-0.1, -0.05) is 22.9 Å². The van der Waals surface area contributed by atoms with Crippen LogP contribution in [-0.2, 0) is 10.0 Å². The van der Waals surface area contributed by atoms with E-state index < -0.39 is 10.0 Å². The number of anilines is 1. The summed E-state index contributed by atoms with van der Waals surface area (Å²) in [6.45, 7) is 3.21. The van der Waals surface area contributed by atoms with E-state index in [2.05, 4.69) is 15.0 Å². The van der Waals surface area contributed by atoms with E-state index in [4.69, 9.17) is 11.6 Å². The van der Waals surface area contributed by atoms with E-state index in [1.807, 2.05) is 11.0 Å². The minimum atomic E-state index is -3.68. The molecule has 3 heterocycles. The largest absolute Gasteiger partial charge is 0.353 e. The SMILES string of the molecule is Cc1[nH]c(=O)sc1S(=O)(=O)N1CCN(c2ncnc3cc(Cl)ccc23)CC1. The fourth-order valence-corrected chi connectivity index (χ4v) is 6.19. The highest BCUT2D eigenvalue weighted by atomic mass is 35.5. The summed E-state index contributed by atoms with van der Waals surface area (Å²) in [6, 6.07) is 5.43. The number of aromatic amines is 1. The molecule has 11 heteroatoms. The first-order valence-electron chi connectivity index (χ1n) is 8.21. The lowest BCUT2D eigenvalue weighted by atomic mass is 10.2. The molecule has 4 rings (SSSR count). The minimum Gasteiger partial charge on any atom is -0.353 e. The molecule has 1 aliphatic heterocycles. The van der Waals surface area contributed by atoms with Gasteiger partial charge in [-0.15, -0.1) is 0 Å². The Morgan fingerprint density at radius 1 is 1.19 bits per heavy atom. The highest BCUT2D eigenvalue weighted by molar-refractivity contribution is 7.91. The third-order valence-electron chi connectivity index (χ3n) is 4.47. The van der Waals surface area contributed by atoms with Crippen molar-refractivity contribution in [2.45, 2.75) is 11.1 Å². The van der Waals surface area contributed by atoms with Crippen molar-refractivity contribution < 1.29 is 8.42 Å². The number of hydrogen-bond acceptors (Lipinski definition) is 7. The molecule has 0 unspecified atom stereocenters. The molecule has 0 saturated carbocycles. The average Bonchev–Trinajstić information content (AvgIpc) is 3.00. The van der Waals surface area contributed by atoms with Crippen molar-refractivity contribution in [2.75, 3.05) is 31.1 Å². The molecule has 0 atom stereocenters. The summed E-state index contributed by atoms with van der Waals surface area (Å²) in [5, 5.41) is 1.47. The second-order valence-corrected chi connectivity index (χ2v) is 9.73. The number of aryl methyl sites for hydroxylation is 1. The maximum atomic E-state index is 12.8. The van der Waals surface area contributed by atoms with Crippen LogP contribution in [0.4, 0.5) is 5.82 Å². The number of sulfonamides is 1. The van der Waals surface area contributed by atoms with Crippen molar-refractivity contribution >= 4 is 49.7 Å². The first-order chi connectivity index (χ1) is 12.9. The van der Waals surface area contributed by atoms with E-state index in [-0.39, 0.29) is 9.08 Å².